The Balaban J connectivity index is 2.38. The molecule has 0 radical (unpaired) electrons. The van der Waals surface area contributed by atoms with Crippen LogP contribution >= 0.6 is 11.8 Å². The van der Waals surface area contributed by atoms with Crippen molar-refractivity contribution >= 4 is 28.3 Å². The van der Waals surface area contributed by atoms with E-state index in [9.17, 15) is 9.90 Å². The highest BCUT2D eigenvalue weighted by Gasteiger charge is 2.30. The number of carbonyl (C=O) groups excluding carboxylic acids is 1. The lowest BCUT2D eigenvalue weighted by atomic mass is 10.0. The number of benzene rings is 1. The van der Waals surface area contributed by atoms with E-state index in [0.717, 1.165) is 0 Å². The summed E-state index contributed by atoms with van der Waals surface area (Å²) in [4.78, 5) is 16.3. The third-order valence-electron chi connectivity index (χ3n) is 2.77. The Hall–Kier alpha value is -1.75. The lowest BCUT2D eigenvalue weighted by Crippen LogP contribution is -2.12. The van der Waals surface area contributed by atoms with Gasteiger partial charge < -0.3 is 9.84 Å². The Kier molecular flexibility index (Phi) is 2.22. The summed E-state index contributed by atoms with van der Waals surface area (Å²) in [6.45, 7) is 0. The molecule has 5 heteroatoms. The Morgan fingerprint density at radius 3 is 2.94 bits per heavy atom. The molecule has 0 fully saturated rings. The molecule has 3 rings (SSSR count). The second-order valence-electron chi connectivity index (χ2n) is 3.72. The lowest BCUT2D eigenvalue weighted by molar-refractivity contribution is 0.106. The standard InChI is InChI=1S/C12H9NO3S/c1-16-11-6-3-2-4-7(11)10(15)12-13-8(5-17-12)9(6)14/h2-4,14H,5H2,1H3. The van der Waals surface area contributed by atoms with Gasteiger partial charge in [-0.2, -0.15) is 0 Å². The van der Waals surface area contributed by atoms with Crippen molar-refractivity contribution in [3.8, 4) is 5.75 Å². The average molecular weight is 247 g/mol. The summed E-state index contributed by atoms with van der Waals surface area (Å²) in [7, 11) is 1.49. The number of fused-ring (bicyclic) bond motifs is 3. The number of rotatable bonds is 1. The van der Waals surface area contributed by atoms with E-state index >= 15 is 0 Å². The molecule has 0 aromatic heterocycles. The average Bonchev–Trinajstić information content (AvgIpc) is 2.85. The molecule has 17 heavy (non-hydrogen) atoms. The maximum atomic E-state index is 12.2. The highest BCUT2D eigenvalue weighted by atomic mass is 32.2. The van der Waals surface area contributed by atoms with Crippen LogP contribution in [0.2, 0.25) is 0 Å². The lowest BCUT2D eigenvalue weighted by Gasteiger charge is -2.13. The van der Waals surface area contributed by atoms with Gasteiger partial charge in [-0.05, 0) is 12.1 Å². The highest BCUT2D eigenvalue weighted by Crippen LogP contribution is 2.38. The molecule has 0 aliphatic carbocycles. The van der Waals surface area contributed by atoms with Gasteiger partial charge in [-0.1, -0.05) is 17.8 Å². The molecule has 0 saturated heterocycles. The molecule has 2 heterocycles. The van der Waals surface area contributed by atoms with Crippen molar-refractivity contribution in [3.63, 3.8) is 0 Å². The number of ketones is 1. The number of nitrogens with zero attached hydrogens (tertiary/aromatic N) is 1. The van der Waals surface area contributed by atoms with Crippen LogP contribution in [0.25, 0.3) is 5.76 Å². The predicted octanol–water partition coefficient (Wildman–Crippen LogP) is 2.26. The number of methoxy groups -OCH3 is 1. The number of aliphatic hydroxyl groups is 1. The molecule has 2 aliphatic heterocycles. The zero-order chi connectivity index (χ0) is 12.0. The monoisotopic (exact) mass is 247 g/mol. The Bertz CT molecular complexity index is 589. The molecule has 0 saturated carbocycles. The Morgan fingerprint density at radius 1 is 1.41 bits per heavy atom. The molecule has 0 spiro atoms. The first-order chi connectivity index (χ1) is 8.22. The Labute approximate surface area is 102 Å². The summed E-state index contributed by atoms with van der Waals surface area (Å²) in [6, 6.07) is 5.14. The molecule has 1 aromatic carbocycles. The van der Waals surface area contributed by atoms with Crippen LogP contribution in [0.3, 0.4) is 0 Å². The number of aliphatic imine (C=N–C) groups is 1. The zero-order valence-corrected chi connectivity index (χ0v) is 9.87. The van der Waals surface area contributed by atoms with Gasteiger partial charge in [0.2, 0.25) is 5.78 Å². The maximum absolute atomic E-state index is 12.2. The molecule has 2 aliphatic rings. The smallest absolute Gasteiger partial charge is 0.221 e. The first-order valence-electron chi connectivity index (χ1n) is 5.08. The third kappa shape index (κ3) is 1.39. The second-order valence-corrected chi connectivity index (χ2v) is 4.68. The number of hydrogen-bond acceptors (Lipinski definition) is 5. The van der Waals surface area contributed by atoms with E-state index < -0.39 is 0 Å². The fourth-order valence-corrected chi connectivity index (χ4v) is 2.84. The molecule has 0 amide bonds. The van der Waals surface area contributed by atoms with Gasteiger partial charge in [0.1, 0.15) is 16.6 Å². The van der Waals surface area contributed by atoms with Crippen molar-refractivity contribution in [2.75, 3.05) is 12.9 Å². The van der Waals surface area contributed by atoms with Crippen LogP contribution in [-0.4, -0.2) is 28.8 Å². The predicted molar refractivity (Wildman–Crippen MR) is 66.8 cm³/mol. The topological polar surface area (TPSA) is 58.9 Å². The molecular weight excluding hydrogens is 238 g/mol. The van der Waals surface area contributed by atoms with E-state index in [4.69, 9.17) is 4.74 Å². The van der Waals surface area contributed by atoms with E-state index in [1.807, 2.05) is 0 Å². The van der Waals surface area contributed by atoms with E-state index in [1.165, 1.54) is 18.9 Å². The third-order valence-corrected chi connectivity index (χ3v) is 3.74. The number of hydrogen-bond donors (Lipinski definition) is 1. The van der Waals surface area contributed by atoms with Crippen LogP contribution in [0, 0.1) is 0 Å². The van der Waals surface area contributed by atoms with Gasteiger partial charge in [0.15, 0.2) is 0 Å². The van der Waals surface area contributed by atoms with Crippen LogP contribution in [-0.2, 0) is 0 Å². The van der Waals surface area contributed by atoms with Gasteiger partial charge in [0.05, 0.1) is 23.9 Å². The maximum Gasteiger partial charge on any atom is 0.221 e. The number of aliphatic hydroxyl groups excluding tert-OH is 1. The van der Waals surface area contributed by atoms with Crippen molar-refractivity contribution in [2.45, 2.75) is 0 Å². The molecule has 4 bridgehead atoms. The molecule has 86 valence electrons. The Morgan fingerprint density at radius 2 is 2.18 bits per heavy atom. The summed E-state index contributed by atoms with van der Waals surface area (Å²) < 4.78 is 5.24. The molecule has 1 N–H and O–H groups in total. The first kappa shape index (κ1) is 10.4. The zero-order valence-electron chi connectivity index (χ0n) is 9.06. The summed E-state index contributed by atoms with van der Waals surface area (Å²) >= 11 is 1.34. The van der Waals surface area contributed by atoms with Gasteiger partial charge in [0, 0.05) is 5.75 Å². The minimum Gasteiger partial charge on any atom is -0.505 e. The minimum absolute atomic E-state index is 0.0960. The quantitative estimate of drug-likeness (QED) is 0.827. The van der Waals surface area contributed by atoms with Crippen molar-refractivity contribution in [1.29, 1.82) is 0 Å². The summed E-state index contributed by atoms with van der Waals surface area (Å²) in [6.07, 6.45) is 0. The minimum atomic E-state index is -0.142. The second kappa shape index (κ2) is 3.63. The van der Waals surface area contributed by atoms with Crippen LogP contribution in [0.1, 0.15) is 15.9 Å². The van der Waals surface area contributed by atoms with Gasteiger partial charge in [-0.15, -0.1) is 0 Å². The van der Waals surface area contributed by atoms with Crippen LogP contribution in [0.15, 0.2) is 28.9 Å². The van der Waals surface area contributed by atoms with Gasteiger partial charge in [0.25, 0.3) is 0 Å². The van der Waals surface area contributed by atoms with Gasteiger partial charge >= 0.3 is 0 Å². The van der Waals surface area contributed by atoms with E-state index in [2.05, 4.69) is 4.99 Å². The van der Waals surface area contributed by atoms with Crippen molar-refractivity contribution in [1.82, 2.24) is 0 Å². The van der Waals surface area contributed by atoms with Crippen LogP contribution in [0.5, 0.6) is 5.75 Å². The number of ether oxygens (including phenoxy) is 1. The normalized spacial score (nSPS) is 17.7. The molecule has 0 unspecified atom stereocenters. The molecular formula is C12H9NO3S. The molecule has 1 aromatic rings. The van der Waals surface area contributed by atoms with Crippen molar-refractivity contribution < 1.29 is 14.6 Å². The van der Waals surface area contributed by atoms with Crippen molar-refractivity contribution in [3.05, 3.63) is 35.0 Å². The number of thioether (sulfide) groups is 1. The number of Topliss-reactive ketones (excluding diaryl/α,β-unsaturated/α-hetero) is 1. The van der Waals surface area contributed by atoms with E-state index in [1.54, 1.807) is 18.2 Å². The van der Waals surface area contributed by atoms with E-state index in [0.29, 0.717) is 33.4 Å². The van der Waals surface area contributed by atoms with Crippen LogP contribution < -0.4 is 4.74 Å². The molecule has 4 nitrogen and oxygen atoms in total. The fourth-order valence-electron chi connectivity index (χ4n) is 1.95. The molecule has 0 atom stereocenters. The van der Waals surface area contributed by atoms with Crippen molar-refractivity contribution in [2.24, 2.45) is 4.99 Å². The fraction of sp³-hybridized carbons (Fsp3) is 0.167. The van der Waals surface area contributed by atoms with Crippen LogP contribution in [0.4, 0.5) is 0 Å². The summed E-state index contributed by atoms with van der Waals surface area (Å²) in [5, 5.41) is 10.5. The largest absolute Gasteiger partial charge is 0.505 e. The SMILES string of the molecule is COc1c2cccc1C(O)=C1CSC(=N1)C2=O. The first-order valence-corrected chi connectivity index (χ1v) is 6.06. The number of para-hydroxylation sites is 1. The highest BCUT2D eigenvalue weighted by molar-refractivity contribution is 8.16. The van der Waals surface area contributed by atoms with Gasteiger partial charge in [-0.25, -0.2) is 4.99 Å². The summed E-state index contributed by atoms with van der Waals surface area (Å²) in [5.41, 5.74) is 1.51. The summed E-state index contributed by atoms with van der Waals surface area (Å²) in [5.74, 6) is 0.895. The van der Waals surface area contributed by atoms with Gasteiger partial charge in [-0.3, -0.25) is 4.79 Å². The van der Waals surface area contributed by atoms with E-state index in [-0.39, 0.29) is 11.5 Å². The number of carbonyl (C=O) groups is 1.